The largest absolute Gasteiger partial charge is 0.497 e. The van der Waals surface area contributed by atoms with E-state index in [2.05, 4.69) is 5.32 Å². The summed E-state index contributed by atoms with van der Waals surface area (Å²) < 4.78 is 41.3. The van der Waals surface area contributed by atoms with Crippen LogP contribution in [0.5, 0.6) is 46.0 Å². The molecule has 4 aromatic rings. The molecule has 0 amide bonds. The third-order valence-corrected chi connectivity index (χ3v) is 6.90. The topological polar surface area (TPSA) is 129 Å². The first-order valence-corrected chi connectivity index (χ1v) is 14.6. The Balaban J connectivity index is 0.000000270. The number of hydrogen-bond acceptors (Lipinski definition) is 11. The van der Waals surface area contributed by atoms with Gasteiger partial charge in [0.2, 0.25) is 0 Å². The summed E-state index contributed by atoms with van der Waals surface area (Å²) in [6, 6.07) is 22.2. The number of nitrogens with two attached hydrogens (primary N) is 1. The van der Waals surface area contributed by atoms with Gasteiger partial charge in [0.05, 0.1) is 62.4 Å². The molecule has 0 spiro atoms. The van der Waals surface area contributed by atoms with E-state index in [-0.39, 0.29) is 0 Å². The third kappa shape index (κ3) is 11.6. The Hall–Kier alpha value is -5.13. The number of benzene rings is 4. The summed E-state index contributed by atoms with van der Waals surface area (Å²) in [5, 5.41) is 3.40. The molecule has 254 valence electrons. The van der Waals surface area contributed by atoms with Crippen LogP contribution in [-0.2, 0) is 19.6 Å². The van der Waals surface area contributed by atoms with E-state index in [0.29, 0.717) is 36.7 Å². The van der Waals surface area contributed by atoms with Crippen LogP contribution < -0.4 is 48.9 Å². The van der Waals surface area contributed by atoms with Gasteiger partial charge in [-0.3, -0.25) is 4.79 Å². The van der Waals surface area contributed by atoms with Crippen molar-refractivity contribution >= 4 is 6.29 Å². The number of ether oxygens (including phenoxy) is 8. The zero-order valence-corrected chi connectivity index (χ0v) is 28.4. The normalized spacial score (nSPS) is 9.81. The Labute approximate surface area is 277 Å². The SMILES string of the molecule is COc1ccc(C=O)c(OC)c1.COc1ccc(CN)c(OC)c1.COc1ccc(CNCc2ccc(OC)cc2OC)c(OC)c1. The van der Waals surface area contributed by atoms with E-state index < -0.39 is 0 Å². The van der Waals surface area contributed by atoms with Gasteiger partial charge in [-0.2, -0.15) is 0 Å². The van der Waals surface area contributed by atoms with Crippen molar-refractivity contribution in [1.29, 1.82) is 0 Å². The molecule has 11 nitrogen and oxygen atoms in total. The number of nitrogens with one attached hydrogen (secondary N) is 1. The van der Waals surface area contributed by atoms with E-state index >= 15 is 0 Å². The first-order chi connectivity index (χ1) is 22.8. The maximum absolute atomic E-state index is 10.5. The highest BCUT2D eigenvalue weighted by Crippen LogP contribution is 2.27. The average molecular weight is 651 g/mol. The summed E-state index contributed by atoms with van der Waals surface area (Å²) in [6.45, 7) is 1.85. The van der Waals surface area contributed by atoms with Crippen molar-refractivity contribution < 1.29 is 42.7 Å². The zero-order chi connectivity index (χ0) is 34.6. The molecule has 4 aromatic carbocycles. The fourth-order valence-electron chi connectivity index (χ4n) is 4.26. The smallest absolute Gasteiger partial charge is 0.153 e. The molecule has 0 atom stereocenters. The van der Waals surface area contributed by atoms with Gasteiger partial charge in [0, 0.05) is 60.6 Å². The van der Waals surface area contributed by atoms with E-state index in [0.717, 1.165) is 57.5 Å². The van der Waals surface area contributed by atoms with Gasteiger partial charge in [0.25, 0.3) is 0 Å². The van der Waals surface area contributed by atoms with Crippen LogP contribution in [0.15, 0.2) is 72.8 Å². The van der Waals surface area contributed by atoms with E-state index in [9.17, 15) is 4.79 Å². The molecule has 0 saturated carbocycles. The van der Waals surface area contributed by atoms with E-state index in [1.807, 2.05) is 54.6 Å². The number of carbonyl (C=O) groups excluding carboxylic acids is 1. The summed E-state index contributed by atoms with van der Waals surface area (Å²) in [5.74, 6) is 5.93. The van der Waals surface area contributed by atoms with Gasteiger partial charge in [0.1, 0.15) is 46.0 Å². The molecule has 0 heterocycles. The highest BCUT2D eigenvalue weighted by atomic mass is 16.5. The van der Waals surface area contributed by atoms with Crippen LogP contribution in [0.3, 0.4) is 0 Å². The molecule has 4 rings (SSSR count). The predicted molar refractivity (Wildman–Crippen MR) is 182 cm³/mol. The minimum absolute atomic E-state index is 0.479. The van der Waals surface area contributed by atoms with Crippen molar-refractivity contribution in [2.45, 2.75) is 19.6 Å². The minimum Gasteiger partial charge on any atom is -0.497 e. The summed E-state index contributed by atoms with van der Waals surface area (Å²) in [5.41, 5.74) is 9.15. The molecule has 11 heteroatoms. The van der Waals surface area contributed by atoms with Crippen molar-refractivity contribution in [3.8, 4) is 46.0 Å². The lowest BCUT2D eigenvalue weighted by Crippen LogP contribution is -2.14. The Morgan fingerprint density at radius 2 is 0.830 bits per heavy atom. The van der Waals surface area contributed by atoms with Gasteiger partial charge in [-0.05, 0) is 30.3 Å². The maximum atomic E-state index is 10.5. The Kier molecular flexibility index (Phi) is 16.9. The van der Waals surface area contributed by atoms with Crippen molar-refractivity contribution in [3.05, 3.63) is 95.1 Å². The second-order valence-corrected chi connectivity index (χ2v) is 9.57. The van der Waals surface area contributed by atoms with E-state index in [1.54, 1.807) is 68.0 Å². The molecule has 0 aliphatic carbocycles. The zero-order valence-electron chi connectivity index (χ0n) is 28.4. The molecule has 47 heavy (non-hydrogen) atoms. The third-order valence-electron chi connectivity index (χ3n) is 6.90. The molecule has 0 saturated heterocycles. The number of hydrogen-bond donors (Lipinski definition) is 2. The molecule has 0 radical (unpaired) electrons. The van der Waals surface area contributed by atoms with Gasteiger partial charge >= 0.3 is 0 Å². The van der Waals surface area contributed by atoms with Crippen molar-refractivity contribution in [2.75, 3.05) is 56.9 Å². The van der Waals surface area contributed by atoms with Crippen LogP contribution in [0.1, 0.15) is 27.0 Å². The fourth-order valence-corrected chi connectivity index (χ4v) is 4.26. The van der Waals surface area contributed by atoms with Gasteiger partial charge in [-0.25, -0.2) is 0 Å². The highest BCUT2D eigenvalue weighted by Gasteiger charge is 2.08. The molecule has 0 aliphatic heterocycles. The first kappa shape index (κ1) is 38.1. The summed E-state index contributed by atoms with van der Waals surface area (Å²) in [7, 11) is 12.9. The van der Waals surface area contributed by atoms with Gasteiger partial charge in [-0.15, -0.1) is 0 Å². The minimum atomic E-state index is 0.479. The van der Waals surface area contributed by atoms with Crippen LogP contribution in [0.25, 0.3) is 0 Å². The van der Waals surface area contributed by atoms with Gasteiger partial charge in [0.15, 0.2) is 6.29 Å². The fraction of sp³-hybridized carbons (Fsp3) is 0.306. The van der Waals surface area contributed by atoms with Crippen LogP contribution in [0, 0.1) is 0 Å². The average Bonchev–Trinajstić information content (AvgIpc) is 3.14. The lowest BCUT2D eigenvalue weighted by Gasteiger charge is -2.13. The summed E-state index contributed by atoms with van der Waals surface area (Å²) in [4.78, 5) is 10.5. The highest BCUT2D eigenvalue weighted by molar-refractivity contribution is 5.79. The Morgan fingerprint density at radius 3 is 1.17 bits per heavy atom. The second-order valence-electron chi connectivity index (χ2n) is 9.57. The monoisotopic (exact) mass is 650 g/mol. The molecule has 0 bridgehead atoms. The van der Waals surface area contributed by atoms with Gasteiger partial charge < -0.3 is 48.9 Å². The standard InChI is InChI=1S/C18H23NO4.C9H13NO2.C9H10O3/c1-20-15-7-5-13(17(9-15)22-3)11-19-12-14-6-8-16(21-2)10-18(14)23-4;2*1-11-8-4-3-7(6-10)9(5-8)12-2/h5-10,19H,11-12H2,1-4H3;3-5H,6,10H2,1-2H3;3-6H,1-2H3. The predicted octanol–water partition coefficient (Wildman–Crippen LogP) is 5.69. The van der Waals surface area contributed by atoms with Crippen molar-refractivity contribution in [2.24, 2.45) is 5.73 Å². The van der Waals surface area contributed by atoms with Crippen LogP contribution in [-0.4, -0.2) is 63.2 Å². The molecule has 0 fully saturated rings. The quantitative estimate of drug-likeness (QED) is 0.163. The second kappa shape index (κ2) is 20.8. The number of methoxy groups -OCH3 is 8. The lowest BCUT2D eigenvalue weighted by molar-refractivity contribution is 0.112. The van der Waals surface area contributed by atoms with Crippen LogP contribution >= 0.6 is 0 Å². The number of aldehydes is 1. The molecular weight excluding hydrogens is 604 g/mol. The Bertz CT molecular complexity index is 1470. The van der Waals surface area contributed by atoms with Crippen molar-refractivity contribution in [1.82, 2.24) is 5.32 Å². The summed E-state index contributed by atoms with van der Waals surface area (Å²) >= 11 is 0. The van der Waals surface area contributed by atoms with Crippen LogP contribution in [0.4, 0.5) is 0 Å². The van der Waals surface area contributed by atoms with E-state index in [1.165, 1.54) is 7.11 Å². The maximum Gasteiger partial charge on any atom is 0.153 e. The molecular formula is C36H46N2O9. The Morgan fingerprint density at radius 1 is 0.489 bits per heavy atom. The molecule has 0 unspecified atom stereocenters. The molecule has 3 N–H and O–H groups in total. The summed E-state index contributed by atoms with van der Waals surface area (Å²) in [6.07, 6.45) is 0.748. The molecule has 0 aromatic heterocycles. The lowest BCUT2D eigenvalue weighted by atomic mass is 10.1. The van der Waals surface area contributed by atoms with Crippen LogP contribution in [0.2, 0.25) is 0 Å². The van der Waals surface area contributed by atoms with E-state index in [4.69, 9.17) is 43.6 Å². The van der Waals surface area contributed by atoms with Gasteiger partial charge in [-0.1, -0.05) is 18.2 Å². The number of carbonyl (C=O) groups is 1. The molecule has 0 aliphatic rings. The van der Waals surface area contributed by atoms with Crippen molar-refractivity contribution in [3.63, 3.8) is 0 Å². The number of rotatable bonds is 14. The first-order valence-electron chi connectivity index (χ1n) is 14.6.